The zero-order valence-corrected chi connectivity index (χ0v) is 13.0. The minimum absolute atomic E-state index is 0.0248. The van der Waals surface area contributed by atoms with E-state index >= 15 is 0 Å². The summed E-state index contributed by atoms with van der Waals surface area (Å²) in [5.41, 5.74) is 1.53. The molecule has 19 heavy (non-hydrogen) atoms. The molecule has 1 aliphatic rings. The van der Waals surface area contributed by atoms with Gasteiger partial charge in [-0.05, 0) is 17.7 Å². The van der Waals surface area contributed by atoms with Gasteiger partial charge in [0.25, 0.3) is 0 Å². The van der Waals surface area contributed by atoms with Gasteiger partial charge in [-0.25, -0.2) is 0 Å². The second-order valence-electron chi connectivity index (χ2n) is 4.36. The molecule has 0 bridgehead atoms. The number of fused-ring (bicyclic) bond motifs is 1. The van der Waals surface area contributed by atoms with E-state index < -0.39 is 9.34 Å². The topological polar surface area (TPSA) is 26.3 Å². The minimum atomic E-state index is -0.935. The van der Waals surface area contributed by atoms with E-state index in [-0.39, 0.29) is 5.78 Å². The van der Waals surface area contributed by atoms with E-state index in [1.165, 1.54) is 0 Å². The molecule has 0 saturated carbocycles. The van der Waals surface area contributed by atoms with Gasteiger partial charge in [-0.15, -0.1) is 0 Å². The lowest BCUT2D eigenvalue weighted by molar-refractivity contribution is 0.0850. The van der Waals surface area contributed by atoms with Crippen LogP contribution in [0.15, 0.2) is 54.6 Å². The second-order valence-corrected chi connectivity index (χ2v) is 7.92. The van der Waals surface area contributed by atoms with Crippen molar-refractivity contribution < 1.29 is 9.53 Å². The summed E-state index contributed by atoms with van der Waals surface area (Å²) >= 11 is 6.95. The molecule has 0 spiro atoms. The van der Waals surface area contributed by atoms with Crippen LogP contribution in [0.2, 0.25) is 0 Å². The molecule has 2 aromatic rings. The Morgan fingerprint density at radius 3 is 2.32 bits per heavy atom. The van der Waals surface area contributed by atoms with Crippen LogP contribution in [0.3, 0.4) is 0 Å². The zero-order chi connectivity index (χ0) is 13.5. The molecule has 0 saturated heterocycles. The molecule has 1 heterocycles. The predicted molar refractivity (Wildman–Crippen MR) is 81.2 cm³/mol. The molecule has 0 N–H and O–H groups in total. The summed E-state index contributed by atoms with van der Waals surface area (Å²) in [5, 5.41) is 0. The summed E-state index contributed by atoms with van der Waals surface area (Å²) in [6, 6.07) is 17.0. The summed E-state index contributed by atoms with van der Waals surface area (Å²) < 4.78 is 5.05. The Balaban J connectivity index is 2.11. The van der Waals surface area contributed by atoms with Gasteiger partial charge in [0.15, 0.2) is 15.1 Å². The van der Waals surface area contributed by atoms with Gasteiger partial charge in [0.2, 0.25) is 0 Å². The highest BCUT2D eigenvalue weighted by atomic mass is 79.9. The summed E-state index contributed by atoms with van der Waals surface area (Å²) in [7, 11) is 0. The van der Waals surface area contributed by atoms with Gasteiger partial charge in [0.05, 0.1) is 5.56 Å². The van der Waals surface area contributed by atoms with Crippen LogP contribution in [0.1, 0.15) is 22.0 Å². The van der Waals surface area contributed by atoms with E-state index in [1.807, 2.05) is 48.5 Å². The largest absolute Gasteiger partial charge is 0.482 e. The van der Waals surface area contributed by atoms with Crippen LogP contribution in [0.5, 0.6) is 5.75 Å². The number of carbonyl (C=O) groups is 1. The van der Waals surface area contributed by atoms with Crippen molar-refractivity contribution in [2.45, 2.75) is 9.34 Å². The number of halogens is 2. The maximum atomic E-state index is 12.5. The van der Waals surface area contributed by atoms with E-state index in [9.17, 15) is 4.79 Å². The first-order chi connectivity index (χ1) is 9.10. The van der Waals surface area contributed by atoms with Crippen molar-refractivity contribution in [3.05, 3.63) is 65.7 Å². The molecule has 96 valence electrons. The van der Waals surface area contributed by atoms with Gasteiger partial charge in [-0.2, -0.15) is 0 Å². The first kappa shape index (κ1) is 12.9. The smallest absolute Gasteiger partial charge is 0.198 e. The van der Waals surface area contributed by atoms with Crippen molar-refractivity contribution in [1.29, 1.82) is 0 Å². The first-order valence-electron chi connectivity index (χ1n) is 5.84. The average Bonchev–Trinajstić information content (AvgIpc) is 2.44. The van der Waals surface area contributed by atoms with Crippen LogP contribution in [-0.2, 0) is 0 Å². The van der Waals surface area contributed by atoms with Gasteiger partial charge in [0.1, 0.15) is 5.75 Å². The van der Waals surface area contributed by atoms with Crippen LogP contribution in [-0.4, -0.2) is 9.02 Å². The number of hydrogen-bond acceptors (Lipinski definition) is 2. The van der Waals surface area contributed by atoms with Crippen LogP contribution in [0.25, 0.3) is 0 Å². The quantitative estimate of drug-likeness (QED) is 0.680. The Bertz CT molecular complexity index is 623. The molecule has 1 aliphatic heterocycles. The molecule has 1 unspecified atom stereocenters. The molecule has 3 rings (SSSR count). The second kappa shape index (κ2) is 4.76. The van der Waals surface area contributed by atoms with E-state index in [1.54, 1.807) is 6.07 Å². The molecule has 0 amide bonds. The molecular formula is C15H10Br2O2. The fraction of sp³-hybridized carbons (Fsp3) is 0.133. The van der Waals surface area contributed by atoms with Crippen molar-refractivity contribution in [2.24, 2.45) is 0 Å². The van der Waals surface area contributed by atoms with Gasteiger partial charge >= 0.3 is 0 Å². The highest BCUT2D eigenvalue weighted by molar-refractivity contribution is 9.26. The fourth-order valence-corrected chi connectivity index (χ4v) is 3.30. The summed E-state index contributed by atoms with van der Waals surface area (Å²) in [6.07, 6.45) is -0.406. The molecular weight excluding hydrogens is 372 g/mol. The molecule has 4 heteroatoms. The third-order valence-electron chi connectivity index (χ3n) is 3.11. The number of ketones is 1. The molecule has 0 aliphatic carbocycles. The minimum Gasteiger partial charge on any atom is -0.482 e. The number of alkyl halides is 2. The lowest BCUT2D eigenvalue weighted by Gasteiger charge is -2.35. The molecule has 0 radical (unpaired) electrons. The molecule has 2 aromatic carbocycles. The standard InChI is InChI=1S/C15H10Br2O2/c16-15(17)13(18)11-8-4-5-9-12(11)19-14(15)10-6-2-1-3-7-10/h1-9,14H. The van der Waals surface area contributed by atoms with Crippen molar-refractivity contribution in [3.8, 4) is 5.75 Å². The van der Waals surface area contributed by atoms with E-state index in [0.717, 1.165) is 5.56 Å². The average molecular weight is 382 g/mol. The lowest BCUT2D eigenvalue weighted by atomic mass is 9.96. The fourth-order valence-electron chi connectivity index (χ4n) is 2.16. The Morgan fingerprint density at radius 1 is 0.947 bits per heavy atom. The predicted octanol–water partition coefficient (Wildman–Crippen LogP) is 4.49. The number of Topliss-reactive ketones (excluding diaryl/α,β-unsaturated/α-hetero) is 1. The van der Waals surface area contributed by atoms with Crippen molar-refractivity contribution in [1.82, 2.24) is 0 Å². The Labute approximate surface area is 128 Å². The number of carbonyl (C=O) groups excluding carboxylic acids is 1. The maximum absolute atomic E-state index is 12.5. The van der Waals surface area contributed by atoms with Gasteiger partial charge in [-0.3, -0.25) is 4.79 Å². The van der Waals surface area contributed by atoms with Crippen molar-refractivity contribution >= 4 is 37.6 Å². The van der Waals surface area contributed by atoms with Crippen molar-refractivity contribution in [3.63, 3.8) is 0 Å². The third kappa shape index (κ3) is 2.13. The highest BCUT2D eigenvalue weighted by Crippen LogP contribution is 2.49. The van der Waals surface area contributed by atoms with Gasteiger partial charge in [0, 0.05) is 0 Å². The Morgan fingerprint density at radius 2 is 1.58 bits per heavy atom. The summed E-state index contributed by atoms with van der Waals surface area (Å²) in [4.78, 5) is 12.5. The maximum Gasteiger partial charge on any atom is 0.198 e. The number of benzene rings is 2. The summed E-state index contributed by atoms with van der Waals surface area (Å²) in [5.74, 6) is 0.596. The van der Waals surface area contributed by atoms with Crippen LogP contribution in [0, 0.1) is 0 Å². The number of hydrogen-bond donors (Lipinski definition) is 0. The highest BCUT2D eigenvalue weighted by Gasteiger charge is 2.48. The molecule has 0 aromatic heterocycles. The number of ether oxygens (including phenoxy) is 1. The third-order valence-corrected chi connectivity index (χ3v) is 4.66. The molecule has 0 fully saturated rings. The Hall–Kier alpha value is -1.13. The van der Waals surface area contributed by atoms with Crippen molar-refractivity contribution in [2.75, 3.05) is 0 Å². The first-order valence-corrected chi connectivity index (χ1v) is 7.42. The van der Waals surface area contributed by atoms with E-state index in [0.29, 0.717) is 11.3 Å². The molecule has 1 atom stereocenters. The van der Waals surface area contributed by atoms with Crippen LogP contribution >= 0.6 is 31.9 Å². The van der Waals surface area contributed by atoms with E-state index in [2.05, 4.69) is 31.9 Å². The SMILES string of the molecule is O=C1c2ccccc2OC(c2ccccc2)C1(Br)Br. The lowest BCUT2D eigenvalue weighted by Crippen LogP contribution is -2.39. The number of para-hydroxylation sites is 1. The molecule has 2 nitrogen and oxygen atoms in total. The van der Waals surface area contributed by atoms with Crippen LogP contribution < -0.4 is 4.74 Å². The van der Waals surface area contributed by atoms with Gasteiger partial charge in [-0.1, -0.05) is 74.3 Å². The van der Waals surface area contributed by atoms with E-state index in [4.69, 9.17) is 4.74 Å². The van der Waals surface area contributed by atoms with Gasteiger partial charge < -0.3 is 4.74 Å². The normalized spacial score (nSPS) is 20.5. The Kier molecular flexibility index (Phi) is 3.23. The summed E-state index contributed by atoms with van der Waals surface area (Å²) in [6.45, 7) is 0. The zero-order valence-electron chi connectivity index (χ0n) is 9.85. The monoisotopic (exact) mass is 380 g/mol. The number of rotatable bonds is 1. The van der Waals surface area contributed by atoms with Crippen LogP contribution in [0.4, 0.5) is 0 Å².